The van der Waals surface area contributed by atoms with Crippen LogP contribution in [0, 0.1) is 0 Å². The molecule has 10 nitrogen and oxygen atoms in total. The van der Waals surface area contributed by atoms with E-state index in [9.17, 15) is 9.59 Å². The molecule has 3 N–H and O–H groups in total. The molecule has 3 heterocycles. The van der Waals surface area contributed by atoms with Gasteiger partial charge in [0.2, 0.25) is 0 Å². The summed E-state index contributed by atoms with van der Waals surface area (Å²) in [6.45, 7) is 13.2. The standard InChI is InChI=1S/C19H28BN5O5/c1-17(2,3)28-16(27)21-9-11(20-29-18(4,5)19(6,7)30-20)8-12-13-14(25-24-12)22-10-23-15(13)26/h8,10H,9H2,1-7H3,(H,21,27)(H2,22,23,24,25,26). The van der Waals surface area contributed by atoms with Crippen molar-refractivity contribution in [1.29, 1.82) is 0 Å². The molecule has 30 heavy (non-hydrogen) atoms. The Labute approximate surface area is 174 Å². The SMILES string of the molecule is CC(C)(C)OC(=O)NCC(=Cc1[nH]nc2nc[nH]c(=O)c12)B1OC(C)(C)C(C)(C)O1. The minimum Gasteiger partial charge on any atom is -0.444 e. The Hall–Kier alpha value is -2.66. The maximum Gasteiger partial charge on any atom is 0.492 e. The number of nitrogens with one attached hydrogen (secondary N) is 3. The van der Waals surface area contributed by atoms with Crippen molar-refractivity contribution in [3.63, 3.8) is 0 Å². The van der Waals surface area contributed by atoms with Gasteiger partial charge in [0.15, 0.2) is 5.65 Å². The molecule has 0 aliphatic carbocycles. The molecule has 1 aliphatic heterocycles. The molecular weight excluding hydrogens is 389 g/mol. The van der Waals surface area contributed by atoms with Crippen LogP contribution in [0.15, 0.2) is 16.6 Å². The summed E-state index contributed by atoms with van der Waals surface area (Å²) in [6.07, 6.45) is 2.41. The van der Waals surface area contributed by atoms with Crippen LogP contribution in [0.5, 0.6) is 0 Å². The number of amides is 1. The molecule has 2 aromatic rings. The number of nitrogens with zero attached hydrogens (tertiary/aromatic N) is 2. The molecule has 0 radical (unpaired) electrons. The highest BCUT2D eigenvalue weighted by molar-refractivity contribution is 6.56. The number of hydrogen-bond acceptors (Lipinski definition) is 7. The van der Waals surface area contributed by atoms with Crippen LogP contribution in [0.2, 0.25) is 0 Å². The van der Waals surface area contributed by atoms with Gasteiger partial charge in [-0.2, -0.15) is 5.10 Å². The van der Waals surface area contributed by atoms with Gasteiger partial charge in [0, 0.05) is 6.54 Å². The van der Waals surface area contributed by atoms with Crippen molar-refractivity contribution >= 4 is 30.3 Å². The minimum atomic E-state index is -0.737. The number of ether oxygens (including phenoxy) is 1. The summed E-state index contributed by atoms with van der Waals surface area (Å²) in [5.41, 5.74) is -0.776. The van der Waals surface area contributed by atoms with Crippen molar-refractivity contribution in [3.05, 3.63) is 27.8 Å². The first kappa shape index (κ1) is 22.0. The van der Waals surface area contributed by atoms with E-state index in [1.165, 1.54) is 6.33 Å². The van der Waals surface area contributed by atoms with Crippen LogP contribution in [0.25, 0.3) is 17.1 Å². The van der Waals surface area contributed by atoms with E-state index < -0.39 is 30.0 Å². The van der Waals surface area contributed by atoms with Gasteiger partial charge < -0.3 is 24.3 Å². The first-order valence-corrected chi connectivity index (χ1v) is 9.74. The average molecular weight is 417 g/mol. The molecule has 1 amide bonds. The van der Waals surface area contributed by atoms with Crippen molar-refractivity contribution in [2.75, 3.05) is 6.54 Å². The molecule has 3 rings (SSSR count). The number of carbonyl (C=O) groups is 1. The van der Waals surface area contributed by atoms with Crippen LogP contribution >= 0.6 is 0 Å². The number of H-pyrrole nitrogens is 2. The molecule has 1 aliphatic rings. The van der Waals surface area contributed by atoms with E-state index in [0.29, 0.717) is 22.2 Å². The van der Waals surface area contributed by atoms with Crippen LogP contribution in [-0.2, 0) is 14.0 Å². The largest absolute Gasteiger partial charge is 0.492 e. The Bertz CT molecular complexity index is 1020. The molecule has 162 valence electrons. The van der Waals surface area contributed by atoms with Gasteiger partial charge in [-0.25, -0.2) is 9.78 Å². The quantitative estimate of drug-likeness (QED) is 0.650. The van der Waals surface area contributed by atoms with Crippen molar-refractivity contribution in [1.82, 2.24) is 25.5 Å². The van der Waals surface area contributed by atoms with Crippen molar-refractivity contribution in [2.45, 2.75) is 65.3 Å². The summed E-state index contributed by atoms with van der Waals surface area (Å²) in [6, 6.07) is 0. The fraction of sp³-hybridized carbons (Fsp3) is 0.579. The van der Waals surface area contributed by atoms with Gasteiger partial charge in [-0.3, -0.25) is 9.89 Å². The lowest BCUT2D eigenvalue weighted by atomic mass is 9.77. The van der Waals surface area contributed by atoms with Crippen LogP contribution in [0.4, 0.5) is 4.79 Å². The Morgan fingerprint density at radius 2 is 1.90 bits per heavy atom. The molecule has 0 atom stereocenters. The van der Waals surface area contributed by atoms with E-state index in [-0.39, 0.29) is 12.1 Å². The van der Waals surface area contributed by atoms with Gasteiger partial charge in [-0.1, -0.05) is 0 Å². The number of rotatable bonds is 4. The summed E-state index contributed by atoms with van der Waals surface area (Å²) in [5.74, 6) is 0. The van der Waals surface area contributed by atoms with Crippen molar-refractivity contribution in [2.24, 2.45) is 0 Å². The van der Waals surface area contributed by atoms with Crippen molar-refractivity contribution in [3.8, 4) is 0 Å². The van der Waals surface area contributed by atoms with E-state index in [2.05, 4.69) is 25.5 Å². The maximum atomic E-state index is 12.3. The Morgan fingerprint density at radius 3 is 2.50 bits per heavy atom. The molecule has 1 saturated heterocycles. The van der Waals surface area contributed by atoms with Crippen LogP contribution in [0.1, 0.15) is 54.2 Å². The third-order valence-electron chi connectivity index (χ3n) is 5.11. The minimum absolute atomic E-state index is 0.0877. The summed E-state index contributed by atoms with van der Waals surface area (Å²) >= 11 is 0. The van der Waals surface area contributed by atoms with E-state index in [0.717, 1.165) is 0 Å². The highest BCUT2D eigenvalue weighted by Crippen LogP contribution is 2.38. The number of aromatic nitrogens is 4. The summed E-state index contributed by atoms with van der Waals surface area (Å²) in [5, 5.41) is 9.91. The van der Waals surface area contributed by atoms with Gasteiger partial charge in [0.05, 0.1) is 23.2 Å². The van der Waals surface area contributed by atoms with Gasteiger partial charge in [-0.05, 0) is 60.0 Å². The van der Waals surface area contributed by atoms with Crippen LogP contribution in [-0.4, -0.2) is 56.7 Å². The topological polar surface area (TPSA) is 131 Å². The zero-order chi connectivity index (χ0) is 22.3. The summed E-state index contributed by atoms with van der Waals surface area (Å²) < 4.78 is 17.6. The number of aromatic amines is 2. The Morgan fingerprint density at radius 1 is 1.27 bits per heavy atom. The van der Waals surface area contributed by atoms with E-state index >= 15 is 0 Å². The van der Waals surface area contributed by atoms with E-state index in [4.69, 9.17) is 14.0 Å². The third-order valence-corrected chi connectivity index (χ3v) is 5.11. The summed E-state index contributed by atoms with van der Waals surface area (Å²) in [7, 11) is -0.737. The molecule has 0 saturated carbocycles. The molecule has 2 aromatic heterocycles. The predicted molar refractivity (Wildman–Crippen MR) is 113 cm³/mol. The molecule has 0 aromatic carbocycles. The smallest absolute Gasteiger partial charge is 0.444 e. The van der Waals surface area contributed by atoms with E-state index in [1.807, 2.05) is 27.7 Å². The van der Waals surface area contributed by atoms with Crippen LogP contribution < -0.4 is 10.9 Å². The molecule has 0 unspecified atom stereocenters. The zero-order valence-corrected chi connectivity index (χ0v) is 18.4. The summed E-state index contributed by atoms with van der Waals surface area (Å²) in [4.78, 5) is 31.0. The van der Waals surface area contributed by atoms with Crippen molar-refractivity contribution < 1.29 is 18.8 Å². The monoisotopic (exact) mass is 417 g/mol. The molecule has 0 spiro atoms. The second kappa shape index (κ2) is 7.55. The highest BCUT2D eigenvalue weighted by atomic mass is 16.7. The fourth-order valence-electron chi connectivity index (χ4n) is 2.86. The van der Waals surface area contributed by atoms with Gasteiger partial charge >= 0.3 is 13.2 Å². The van der Waals surface area contributed by atoms with E-state index in [1.54, 1.807) is 26.8 Å². The Balaban J connectivity index is 1.94. The predicted octanol–water partition coefficient (Wildman–Crippen LogP) is 2.19. The Kier molecular flexibility index (Phi) is 5.55. The molecular formula is C19H28BN5O5. The lowest BCUT2D eigenvalue weighted by Crippen LogP contribution is -2.41. The first-order valence-electron chi connectivity index (χ1n) is 9.74. The fourth-order valence-corrected chi connectivity index (χ4v) is 2.86. The first-order chi connectivity index (χ1) is 13.8. The van der Waals surface area contributed by atoms with Gasteiger partial charge in [0.25, 0.3) is 5.56 Å². The van der Waals surface area contributed by atoms with Gasteiger partial charge in [0.1, 0.15) is 11.0 Å². The lowest BCUT2D eigenvalue weighted by Gasteiger charge is -2.32. The second-order valence-corrected chi connectivity index (χ2v) is 9.23. The molecule has 11 heteroatoms. The van der Waals surface area contributed by atoms with Gasteiger partial charge in [-0.15, -0.1) is 0 Å². The second-order valence-electron chi connectivity index (χ2n) is 9.23. The third kappa shape index (κ3) is 4.57. The number of hydrogen-bond donors (Lipinski definition) is 3. The normalized spacial score (nSPS) is 18.6. The maximum absolute atomic E-state index is 12.3. The number of carbonyl (C=O) groups excluding carboxylic acids is 1. The number of alkyl carbamates (subject to hydrolysis) is 1. The lowest BCUT2D eigenvalue weighted by molar-refractivity contribution is 0.00578. The highest BCUT2D eigenvalue weighted by Gasteiger charge is 2.52. The van der Waals surface area contributed by atoms with Crippen LogP contribution in [0.3, 0.4) is 0 Å². The zero-order valence-electron chi connectivity index (χ0n) is 18.4. The molecule has 1 fully saturated rings. The average Bonchev–Trinajstić information content (AvgIpc) is 3.08. The molecule has 0 bridgehead atoms. The number of fused-ring (bicyclic) bond motifs is 1.